The Balaban J connectivity index is 1.40. The summed E-state index contributed by atoms with van der Waals surface area (Å²) in [6.45, 7) is -0.269. The Morgan fingerprint density at radius 2 is 1.87 bits per heavy atom. The molecule has 0 bridgehead atoms. The van der Waals surface area contributed by atoms with Crippen molar-refractivity contribution < 1.29 is 46.5 Å². The highest BCUT2D eigenvalue weighted by Gasteiger charge is 2.57. The third-order valence-corrected chi connectivity index (χ3v) is 8.17. The zero-order valence-corrected chi connectivity index (χ0v) is 24.6. The molecule has 1 fully saturated rings. The third-order valence-electron chi connectivity index (χ3n) is 8.17. The predicted molar refractivity (Wildman–Crippen MR) is 156 cm³/mol. The summed E-state index contributed by atoms with van der Waals surface area (Å²) in [5.74, 6) is -1.81. The minimum Gasteiger partial charge on any atom is -0.495 e. The van der Waals surface area contributed by atoms with E-state index in [1.807, 2.05) is 0 Å². The highest BCUT2D eigenvalue weighted by atomic mass is 19.4. The minimum atomic E-state index is -5.37. The first kappa shape index (κ1) is 31.0. The molecule has 2 amide bonds. The zero-order chi connectivity index (χ0) is 33.0. The van der Waals surface area contributed by atoms with Crippen LogP contribution in [-0.4, -0.2) is 59.4 Å². The molecule has 2 aromatic heterocycles. The van der Waals surface area contributed by atoms with Gasteiger partial charge in [-0.25, -0.2) is 14.4 Å². The number of aromatic nitrogens is 2. The summed E-state index contributed by atoms with van der Waals surface area (Å²) >= 11 is 0. The molecule has 1 saturated carbocycles. The second kappa shape index (κ2) is 11.1. The number of hydrogen-bond donors (Lipinski definition) is 3. The lowest BCUT2D eigenvalue weighted by Gasteiger charge is -2.31. The van der Waals surface area contributed by atoms with E-state index in [1.165, 1.54) is 44.5 Å². The van der Waals surface area contributed by atoms with Crippen LogP contribution in [0.3, 0.4) is 0 Å². The number of nitrogens with zero attached hydrogens (tertiary/aromatic N) is 2. The van der Waals surface area contributed by atoms with Gasteiger partial charge in [0.25, 0.3) is 5.91 Å². The van der Waals surface area contributed by atoms with Gasteiger partial charge < -0.3 is 30.4 Å². The zero-order valence-electron chi connectivity index (χ0n) is 24.6. The van der Waals surface area contributed by atoms with Crippen LogP contribution in [-0.2, 0) is 15.8 Å². The Labute approximate surface area is 259 Å². The molecule has 2 atom stereocenters. The van der Waals surface area contributed by atoms with Crippen LogP contribution in [0, 0.1) is 5.82 Å². The second-order valence-corrected chi connectivity index (χ2v) is 11.5. The molecule has 2 aromatic carbocycles. The lowest BCUT2D eigenvalue weighted by molar-refractivity contribution is -0.265. The molecule has 14 heteroatoms. The van der Waals surface area contributed by atoms with Crippen molar-refractivity contribution in [2.24, 2.45) is 5.73 Å². The van der Waals surface area contributed by atoms with Gasteiger partial charge in [0.2, 0.25) is 11.5 Å². The number of fused-ring (bicyclic) bond motifs is 2. The van der Waals surface area contributed by atoms with Crippen LogP contribution in [0.25, 0.3) is 22.2 Å². The van der Waals surface area contributed by atoms with Crippen LogP contribution in [0.5, 0.6) is 17.2 Å². The van der Waals surface area contributed by atoms with Crippen molar-refractivity contribution in [2.45, 2.75) is 43.1 Å². The quantitative estimate of drug-likeness (QED) is 0.230. The van der Waals surface area contributed by atoms with Gasteiger partial charge in [0.05, 0.1) is 31.6 Å². The summed E-state index contributed by atoms with van der Waals surface area (Å²) in [5, 5.41) is 14.0. The van der Waals surface area contributed by atoms with Crippen LogP contribution in [0.1, 0.15) is 41.4 Å². The van der Waals surface area contributed by atoms with Crippen molar-refractivity contribution in [2.75, 3.05) is 20.3 Å². The fourth-order valence-electron chi connectivity index (χ4n) is 5.14. The van der Waals surface area contributed by atoms with Crippen LogP contribution in [0.4, 0.5) is 17.6 Å². The first-order valence-corrected chi connectivity index (χ1v) is 14.2. The molecule has 4 aromatic rings. The summed E-state index contributed by atoms with van der Waals surface area (Å²) in [5.41, 5.74) is -0.314. The molecule has 1 aliphatic carbocycles. The van der Waals surface area contributed by atoms with E-state index in [-0.39, 0.29) is 46.6 Å². The molecule has 46 heavy (non-hydrogen) atoms. The van der Waals surface area contributed by atoms with Gasteiger partial charge >= 0.3 is 6.18 Å². The Bertz CT molecular complexity index is 1860. The number of hydrogen-bond acceptors (Lipinski definition) is 8. The fourth-order valence-corrected chi connectivity index (χ4v) is 5.14. The van der Waals surface area contributed by atoms with Crippen molar-refractivity contribution in [3.63, 3.8) is 0 Å². The second-order valence-electron chi connectivity index (χ2n) is 11.5. The molecule has 6 rings (SSSR count). The number of carbonyl (C=O) groups is 2. The molecule has 10 nitrogen and oxygen atoms in total. The highest BCUT2D eigenvalue weighted by molar-refractivity contribution is 6.00. The monoisotopic (exact) mass is 640 g/mol. The maximum Gasteiger partial charge on any atom is 0.424 e. The predicted octanol–water partition coefficient (Wildman–Crippen LogP) is 4.30. The number of carbonyl (C=O) groups excluding carboxylic acids is 2. The average Bonchev–Trinajstić information content (AvgIpc) is 3.78. The van der Waals surface area contributed by atoms with E-state index < -0.39 is 47.1 Å². The van der Waals surface area contributed by atoms with E-state index in [0.29, 0.717) is 16.7 Å². The summed E-state index contributed by atoms with van der Waals surface area (Å²) in [6, 6.07) is 9.98. The normalized spacial score (nSPS) is 18.8. The Hall–Kier alpha value is -4.98. The number of nitrogens with one attached hydrogen (secondary N) is 1. The van der Waals surface area contributed by atoms with Gasteiger partial charge in [-0.15, -0.1) is 0 Å². The molecule has 1 aliphatic heterocycles. The van der Waals surface area contributed by atoms with E-state index in [9.17, 15) is 32.3 Å². The number of ether oxygens (including phenoxy) is 3. The number of amides is 2. The topological polar surface area (TPSA) is 146 Å². The van der Waals surface area contributed by atoms with Crippen molar-refractivity contribution in [3.8, 4) is 28.5 Å². The number of aliphatic hydroxyl groups is 1. The number of primary amides is 1. The summed E-state index contributed by atoms with van der Waals surface area (Å²) in [7, 11) is 1.44. The fraction of sp³-hybridized carbons (Fsp3) is 0.312. The molecular formula is C32H28F4N4O6. The smallest absolute Gasteiger partial charge is 0.424 e. The van der Waals surface area contributed by atoms with Gasteiger partial charge in [-0.3, -0.25) is 9.59 Å². The lowest BCUT2D eigenvalue weighted by Crippen LogP contribution is -2.51. The van der Waals surface area contributed by atoms with E-state index in [2.05, 4.69) is 15.3 Å². The maximum absolute atomic E-state index is 14.8. The Morgan fingerprint density at radius 3 is 2.50 bits per heavy atom. The van der Waals surface area contributed by atoms with Crippen LogP contribution < -0.4 is 25.3 Å². The number of pyridine rings is 2. The molecule has 3 heterocycles. The van der Waals surface area contributed by atoms with Crippen LogP contribution >= 0.6 is 0 Å². The first-order chi connectivity index (χ1) is 21.7. The SMILES string of the molecule is COc1cnc2c(OC3CC3)cc(C(=O)NC[C@](O)(c3cc4c(c(-c5ccc(F)cc5)n3)OC[C@]4(C)C(N)=O)C(F)(F)F)cc2c1. The summed E-state index contributed by atoms with van der Waals surface area (Å²) in [4.78, 5) is 34.3. The van der Waals surface area contributed by atoms with Gasteiger partial charge in [0, 0.05) is 22.1 Å². The van der Waals surface area contributed by atoms with Gasteiger partial charge in [-0.2, -0.15) is 13.2 Å². The third kappa shape index (κ3) is 5.42. The molecular weight excluding hydrogens is 612 g/mol. The number of methoxy groups -OCH3 is 1. The van der Waals surface area contributed by atoms with Crippen molar-refractivity contribution in [3.05, 3.63) is 77.4 Å². The van der Waals surface area contributed by atoms with E-state index in [0.717, 1.165) is 31.0 Å². The van der Waals surface area contributed by atoms with Gasteiger partial charge in [-0.05, 0) is 68.3 Å². The molecule has 0 unspecified atom stereocenters. The highest BCUT2D eigenvalue weighted by Crippen LogP contribution is 2.47. The number of rotatable bonds is 9. The number of benzene rings is 2. The van der Waals surface area contributed by atoms with Crippen molar-refractivity contribution in [1.82, 2.24) is 15.3 Å². The van der Waals surface area contributed by atoms with E-state index >= 15 is 0 Å². The standard InChI is InChI=1S/C32H28F4N4O6/c1-30(29(37)42)15-45-27-22(30)12-24(40-26(27)16-3-5-19(33)6-4-16)31(43,32(34,35)36)14-39-28(41)18-9-17-10-21(44-2)13-38-25(17)23(11-18)46-20-7-8-20/h3-6,9-13,20,43H,7-8,14-15H2,1-2H3,(H2,37,42)(H,39,41)/t30-,31-/m0/s1. The molecule has 4 N–H and O–H groups in total. The summed E-state index contributed by atoms with van der Waals surface area (Å²) in [6.07, 6.45) is -2.36. The minimum absolute atomic E-state index is 0.0337. The number of alkyl halides is 3. The average molecular weight is 641 g/mol. The molecule has 0 saturated heterocycles. The van der Waals surface area contributed by atoms with Gasteiger partial charge in [0.15, 0.2) is 0 Å². The molecule has 240 valence electrons. The lowest BCUT2D eigenvalue weighted by atomic mass is 9.81. The largest absolute Gasteiger partial charge is 0.495 e. The van der Waals surface area contributed by atoms with Crippen LogP contribution in [0.15, 0.2) is 54.7 Å². The molecule has 0 radical (unpaired) electrons. The summed E-state index contributed by atoms with van der Waals surface area (Å²) < 4.78 is 74.9. The maximum atomic E-state index is 14.8. The molecule has 2 aliphatic rings. The van der Waals surface area contributed by atoms with E-state index in [4.69, 9.17) is 19.9 Å². The first-order valence-electron chi connectivity index (χ1n) is 14.2. The van der Waals surface area contributed by atoms with Gasteiger partial charge in [0.1, 0.15) is 46.3 Å². The van der Waals surface area contributed by atoms with Gasteiger partial charge in [-0.1, -0.05) is 0 Å². The number of nitrogens with two attached hydrogens (primary N) is 1. The molecule has 0 spiro atoms. The van der Waals surface area contributed by atoms with E-state index in [1.54, 1.807) is 6.07 Å². The number of halogens is 4. The van der Waals surface area contributed by atoms with Crippen molar-refractivity contribution in [1.29, 1.82) is 0 Å². The Morgan fingerprint density at radius 1 is 1.15 bits per heavy atom. The Kier molecular flexibility index (Phi) is 7.50. The van der Waals surface area contributed by atoms with Crippen LogP contribution in [0.2, 0.25) is 0 Å². The van der Waals surface area contributed by atoms with Crippen molar-refractivity contribution >= 4 is 22.7 Å².